The summed E-state index contributed by atoms with van der Waals surface area (Å²) < 4.78 is 6.58. The van der Waals surface area contributed by atoms with Crippen molar-refractivity contribution in [2.24, 2.45) is 0 Å². The Bertz CT molecular complexity index is 547. The van der Waals surface area contributed by atoms with Gasteiger partial charge in [0.1, 0.15) is 5.75 Å². The predicted octanol–water partition coefficient (Wildman–Crippen LogP) is 4.73. The van der Waals surface area contributed by atoms with Gasteiger partial charge in [-0.1, -0.05) is 46.3 Å². The molecule has 92 valence electrons. The Morgan fingerprint density at radius 2 is 1.72 bits per heavy atom. The summed E-state index contributed by atoms with van der Waals surface area (Å²) in [7, 11) is 1.75. The van der Waals surface area contributed by atoms with Gasteiger partial charge in [0, 0.05) is 4.47 Å². The molecular formula is C16H15BrO. The van der Waals surface area contributed by atoms with Gasteiger partial charge in [0.25, 0.3) is 0 Å². The Morgan fingerprint density at radius 3 is 2.44 bits per heavy atom. The summed E-state index contributed by atoms with van der Waals surface area (Å²) in [5.74, 6) is 2.28. The summed E-state index contributed by atoms with van der Waals surface area (Å²) in [6, 6.07) is 17.0. The minimum absolute atomic E-state index is 0.613. The molecule has 18 heavy (non-hydrogen) atoms. The van der Waals surface area contributed by atoms with Crippen LogP contribution in [0.1, 0.15) is 29.4 Å². The Kier molecular flexibility index (Phi) is 3.13. The first-order chi connectivity index (χ1) is 8.79. The van der Waals surface area contributed by atoms with E-state index < -0.39 is 0 Å². The van der Waals surface area contributed by atoms with E-state index in [4.69, 9.17) is 4.74 Å². The van der Waals surface area contributed by atoms with Crippen molar-refractivity contribution in [1.82, 2.24) is 0 Å². The van der Waals surface area contributed by atoms with E-state index in [2.05, 4.69) is 52.3 Å². The lowest BCUT2D eigenvalue weighted by atomic mass is 10.0. The lowest BCUT2D eigenvalue weighted by Gasteiger charge is -2.07. The zero-order valence-electron chi connectivity index (χ0n) is 10.3. The fourth-order valence-corrected chi connectivity index (χ4v) is 2.85. The average molecular weight is 303 g/mol. The largest absolute Gasteiger partial charge is 0.496 e. The highest BCUT2D eigenvalue weighted by molar-refractivity contribution is 9.10. The first-order valence-corrected chi connectivity index (χ1v) is 6.97. The topological polar surface area (TPSA) is 9.23 Å². The van der Waals surface area contributed by atoms with Gasteiger partial charge >= 0.3 is 0 Å². The van der Waals surface area contributed by atoms with Crippen LogP contribution in [0.2, 0.25) is 0 Å². The molecule has 1 aliphatic rings. The highest BCUT2D eigenvalue weighted by Gasteiger charge is 2.40. The molecule has 1 aliphatic carbocycles. The molecule has 0 aliphatic heterocycles. The first kappa shape index (κ1) is 11.8. The van der Waals surface area contributed by atoms with Crippen LogP contribution in [0.3, 0.4) is 0 Å². The molecule has 0 bridgehead atoms. The maximum Gasteiger partial charge on any atom is 0.122 e. The number of methoxy groups -OCH3 is 1. The number of halogens is 1. The van der Waals surface area contributed by atoms with E-state index in [1.807, 2.05) is 12.1 Å². The van der Waals surface area contributed by atoms with Crippen molar-refractivity contribution >= 4 is 15.9 Å². The number of ether oxygens (including phenoxy) is 1. The van der Waals surface area contributed by atoms with Crippen LogP contribution in [0.5, 0.6) is 5.75 Å². The number of hydrogen-bond acceptors (Lipinski definition) is 1. The van der Waals surface area contributed by atoms with Crippen LogP contribution < -0.4 is 4.74 Å². The van der Waals surface area contributed by atoms with Crippen LogP contribution in [0.15, 0.2) is 53.0 Å². The molecule has 2 aromatic rings. The van der Waals surface area contributed by atoms with E-state index in [0.717, 1.165) is 10.2 Å². The summed E-state index contributed by atoms with van der Waals surface area (Å²) in [6.07, 6.45) is 1.22. The number of rotatable bonds is 3. The Hall–Kier alpha value is -1.28. The number of hydrogen-bond donors (Lipinski definition) is 0. The van der Waals surface area contributed by atoms with E-state index in [1.54, 1.807) is 7.11 Å². The predicted molar refractivity (Wildman–Crippen MR) is 77.2 cm³/mol. The summed E-state index contributed by atoms with van der Waals surface area (Å²) in [5, 5.41) is 0. The van der Waals surface area contributed by atoms with Gasteiger partial charge in [-0.3, -0.25) is 0 Å². The maximum atomic E-state index is 5.44. The second-order valence-corrected chi connectivity index (χ2v) is 5.66. The molecule has 1 saturated carbocycles. The van der Waals surface area contributed by atoms with Gasteiger partial charge in [0.05, 0.1) is 7.11 Å². The van der Waals surface area contributed by atoms with Crippen LogP contribution in [0, 0.1) is 0 Å². The molecule has 0 unspecified atom stereocenters. The Balaban J connectivity index is 1.83. The zero-order chi connectivity index (χ0) is 12.5. The smallest absolute Gasteiger partial charge is 0.122 e. The molecule has 0 amide bonds. The monoisotopic (exact) mass is 302 g/mol. The van der Waals surface area contributed by atoms with Crippen LogP contribution in [-0.4, -0.2) is 7.11 Å². The Labute approximate surface area is 116 Å². The van der Waals surface area contributed by atoms with Gasteiger partial charge < -0.3 is 4.74 Å². The second-order valence-electron chi connectivity index (χ2n) is 4.74. The SMILES string of the molecule is COc1ccccc1[C@H]1C[C@@H]1c1ccc(Br)cc1. The number of benzene rings is 2. The van der Waals surface area contributed by atoms with E-state index >= 15 is 0 Å². The highest BCUT2D eigenvalue weighted by Crippen LogP contribution is 2.56. The molecule has 0 saturated heterocycles. The Morgan fingerprint density at radius 1 is 1.00 bits per heavy atom. The van der Waals surface area contributed by atoms with Crippen molar-refractivity contribution in [2.45, 2.75) is 18.3 Å². The van der Waals surface area contributed by atoms with E-state index in [9.17, 15) is 0 Å². The van der Waals surface area contributed by atoms with Crippen LogP contribution >= 0.6 is 15.9 Å². The lowest BCUT2D eigenvalue weighted by molar-refractivity contribution is 0.409. The van der Waals surface area contributed by atoms with Crippen molar-refractivity contribution in [3.63, 3.8) is 0 Å². The van der Waals surface area contributed by atoms with Gasteiger partial charge in [0.15, 0.2) is 0 Å². The molecule has 0 aromatic heterocycles. The summed E-state index contributed by atoms with van der Waals surface area (Å²) >= 11 is 3.48. The van der Waals surface area contributed by atoms with Crippen molar-refractivity contribution < 1.29 is 4.74 Å². The van der Waals surface area contributed by atoms with Crippen molar-refractivity contribution in [2.75, 3.05) is 7.11 Å². The molecule has 2 atom stereocenters. The van der Waals surface area contributed by atoms with Crippen molar-refractivity contribution in [3.05, 3.63) is 64.1 Å². The van der Waals surface area contributed by atoms with Gasteiger partial charge in [0.2, 0.25) is 0 Å². The minimum Gasteiger partial charge on any atom is -0.496 e. The van der Waals surface area contributed by atoms with E-state index in [1.165, 1.54) is 17.5 Å². The quantitative estimate of drug-likeness (QED) is 0.796. The summed E-state index contributed by atoms with van der Waals surface area (Å²) in [5.41, 5.74) is 2.77. The number of para-hydroxylation sites is 1. The zero-order valence-corrected chi connectivity index (χ0v) is 11.9. The van der Waals surface area contributed by atoms with Crippen molar-refractivity contribution in [1.29, 1.82) is 0 Å². The van der Waals surface area contributed by atoms with Crippen LogP contribution in [-0.2, 0) is 0 Å². The fraction of sp³-hybridized carbons (Fsp3) is 0.250. The average Bonchev–Trinajstić information content (AvgIpc) is 3.20. The molecule has 0 heterocycles. The minimum atomic E-state index is 0.613. The first-order valence-electron chi connectivity index (χ1n) is 6.18. The third-order valence-electron chi connectivity index (χ3n) is 3.63. The molecule has 2 heteroatoms. The molecule has 2 aromatic carbocycles. The van der Waals surface area contributed by atoms with Crippen LogP contribution in [0.4, 0.5) is 0 Å². The molecule has 3 rings (SSSR count). The molecule has 1 nitrogen and oxygen atoms in total. The third kappa shape index (κ3) is 2.17. The van der Waals surface area contributed by atoms with Gasteiger partial charge in [-0.25, -0.2) is 0 Å². The molecule has 0 spiro atoms. The van der Waals surface area contributed by atoms with Gasteiger partial charge in [-0.05, 0) is 47.6 Å². The molecule has 1 fully saturated rings. The summed E-state index contributed by atoms with van der Waals surface area (Å²) in [6.45, 7) is 0. The van der Waals surface area contributed by atoms with E-state index in [0.29, 0.717) is 11.8 Å². The van der Waals surface area contributed by atoms with Crippen molar-refractivity contribution in [3.8, 4) is 5.75 Å². The van der Waals surface area contributed by atoms with E-state index in [-0.39, 0.29) is 0 Å². The maximum absolute atomic E-state index is 5.44. The van der Waals surface area contributed by atoms with Gasteiger partial charge in [-0.15, -0.1) is 0 Å². The molecular weight excluding hydrogens is 288 g/mol. The normalized spacial score (nSPS) is 21.7. The third-order valence-corrected chi connectivity index (χ3v) is 4.16. The highest BCUT2D eigenvalue weighted by atomic mass is 79.9. The fourth-order valence-electron chi connectivity index (χ4n) is 2.59. The second kappa shape index (κ2) is 4.77. The van der Waals surface area contributed by atoms with Crippen LogP contribution in [0.25, 0.3) is 0 Å². The van der Waals surface area contributed by atoms with Gasteiger partial charge in [-0.2, -0.15) is 0 Å². The standard InChI is InChI=1S/C16H15BrO/c1-18-16-5-3-2-4-13(16)15-10-14(15)11-6-8-12(17)9-7-11/h2-9,14-15H,10H2,1H3/t14-,15-/m1/s1. The summed E-state index contributed by atoms with van der Waals surface area (Å²) in [4.78, 5) is 0. The lowest BCUT2D eigenvalue weighted by Crippen LogP contribution is -1.90. The molecule has 0 radical (unpaired) electrons. The molecule has 0 N–H and O–H groups in total.